The summed E-state index contributed by atoms with van der Waals surface area (Å²) in [7, 11) is 0. The Labute approximate surface area is 184 Å². The van der Waals surface area contributed by atoms with E-state index in [1.807, 2.05) is 4.57 Å². The Bertz CT molecular complexity index is 971. The van der Waals surface area contributed by atoms with E-state index < -0.39 is 11.9 Å². The second kappa shape index (κ2) is 9.86. The van der Waals surface area contributed by atoms with E-state index in [1.165, 1.54) is 31.0 Å². The van der Waals surface area contributed by atoms with Crippen LogP contribution in [0.15, 0.2) is 36.0 Å². The van der Waals surface area contributed by atoms with Crippen LogP contribution < -0.4 is 20.1 Å². The van der Waals surface area contributed by atoms with Crippen LogP contribution in [0.3, 0.4) is 0 Å². The predicted molar refractivity (Wildman–Crippen MR) is 116 cm³/mol. The Morgan fingerprint density at radius 1 is 1.19 bits per heavy atom. The first-order chi connectivity index (χ1) is 15.1. The van der Waals surface area contributed by atoms with Crippen LogP contribution in [0.1, 0.15) is 43.8 Å². The van der Waals surface area contributed by atoms with Gasteiger partial charge in [-0.25, -0.2) is 4.79 Å². The summed E-state index contributed by atoms with van der Waals surface area (Å²) < 4.78 is 12.5. The van der Waals surface area contributed by atoms with Crippen LogP contribution >= 0.6 is 11.8 Å². The molecule has 2 aromatic rings. The van der Waals surface area contributed by atoms with E-state index in [1.54, 1.807) is 24.3 Å². The maximum Gasteiger partial charge on any atom is 0.325 e. The molecule has 2 heterocycles. The lowest BCUT2D eigenvalue weighted by atomic mass is 9.89. The number of carbonyl (C=O) groups is 2. The van der Waals surface area contributed by atoms with E-state index in [4.69, 9.17) is 9.47 Å². The number of amides is 3. The first kappa shape index (κ1) is 21.2. The molecule has 0 saturated heterocycles. The van der Waals surface area contributed by atoms with Gasteiger partial charge in [0.1, 0.15) is 5.82 Å². The quantitative estimate of drug-likeness (QED) is 0.496. The zero-order valence-electron chi connectivity index (χ0n) is 17.1. The number of anilines is 1. The van der Waals surface area contributed by atoms with E-state index in [0.29, 0.717) is 34.8 Å². The van der Waals surface area contributed by atoms with E-state index in [2.05, 4.69) is 27.4 Å². The summed E-state index contributed by atoms with van der Waals surface area (Å²) in [6.45, 7) is 4.57. The number of fused-ring (bicyclic) bond motifs is 1. The highest BCUT2D eigenvalue weighted by atomic mass is 32.2. The predicted octanol–water partition coefficient (Wildman–Crippen LogP) is 3.68. The number of aromatic nitrogens is 3. The number of benzene rings is 1. The van der Waals surface area contributed by atoms with Gasteiger partial charge in [-0.1, -0.05) is 37.1 Å². The van der Waals surface area contributed by atoms with Crippen molar-refractivity contribution in [2.45, 2.75) is 49.7 Å². The summed E-state index contributed by atoms with van der Waals surface area (Å²) in [5.41, 5.74) is 0.505. The third-order valence-electron chi connectivity index (χ3n) is 5.24. The van der Waals surface area contributed by atoms with Crippen molar-refractivity contribution in [3.05, 3.63) is 36.7 Å². The largest absolute Gasteiger partial charge is 0.454 e. The molecule has 3 amide bonds. The molecule has 1 aromatic carbocycles. The molecule has 0 radical (unpaired) electrons. The molecule has 1 saturated carbocycles. The molecular weight excluding hydrogens is 418 g/mol. The highest BCUT2D eigenvalue weighted by molar-refractivity contribution is 7.99. The molecule has 0 unspecified atom stereocenters. The van der Waals surface area contributed by atoms with Crippen molar-refractivity contribution >= 4 is 29.4 Å². The van der Waals surface area contributed by atoms with Crippen LogP contribution in [0.25, 0.3) is 0 Å². The highest BCUT2D eigenvalue weighted by Crippen LogP contribution is 2.34. The van der Waals surface area contributed by atoms with Crippen LogP contribution in [-0.4, -0.2) is 39.2 Å². The maximum atomic E-state index is 12.3. The second-order valence-electron chi connectivity index (χ2n) is 7.43. The fourth-order valence-electron chi connectivity index (χ4n) is 3.80. The number of ether oxygens (including phenoxy) is 2. The molecule has 9 nitrogen and oxygen atoms in total. The van der Waals surface area contributed by atoms with Gasteiger partial charge in [-0.3, -0.25) is 10.1 Å². The van der Waals surface area contributed by atoms with Gasteiger partial charge < -0.3 is 19.4 Å². The fraction of sp³-hybridized carbons (Fsp3) is 0.429. The van der Waals surface area contributed by atoms with Crippen LogP contribution in [0.2, 0.25) is 0 Å². The summed E-state index contributed by atoms with van der Waals surface area (Å²) >= 11 is 1.26. The average Bonchev–Trinajstić information content (AvgIpc) is 3.39. The summed E-state index contributed by atoms with van der Waals surface area (Å²) in [5, 5.41) is 14.3. The standard InChI is InChI=1S/C21H25N5O4S/c1-2-10-26-19(14-6-4-3-5-7-14)24-25-21(26)31-12-18(27)23-20(28)22-15-8-9-16-17(11-15)30-13-29-16/h2,8-9,11,14H,1,3-7,10,12-13H2,(H2,22,23,27,28). The smallest absolute Gasteiger partial charge is 0.325 e. The van der Waals surface area contributed by atoms with Crippen molar-refractivity contribution in [2.75, 3.05) is 17.9 Å². The Hall–Kier alpha value is -3.01. The molecule has 10 heteroatoms. The number of thioether (sulfide) groups is 1. The van der Waals surface area contributed by atoms with E-state index in [0.717, 1.165) is 18.7 Å². The Balaban J connectivity index is 1.31. The Morgan fingerprint density at radius 2 is 2.00 bits per heavy atom. The molecule has 2 N–H and O–H groups in total. The lowest BCUT2D eigenvalue weighted by molar-refractivity contribution is -0.117. The van der Waals surface area contributed by atoms with Gasteiger partial charge in [0.15, 0.2) is 16.7 Å². The number of allylic oxidation sites excluding steroid dienone is 1. The van der Waals surface area contributed by atoms with Crippen LogP contribution in [0.4, 0.5) is 10.5 Å². The number of hydrogen-bond acceptors (Lipinski definition) is 7. The van der Waals surface area contributed by atoms with Gasteiger partial charge in [-0.05, 0) is 25.0 Å². The molecule has 0 spiro atoms. The molecule has 0 atom stereocenters. The van der Waals surface area contributed by atoms with Gasteiger partial charge in [0, 0.05) is 24.2 Å². The molecule has 0 bridgehead atoms. The van der Waals surface area contributed by atoms with E-state index in [-0.39, 0.29) is 12.5 Å². The monoisotopic (exact) mass is 443 g/mol. The van der Waals surface area contributed by atoms with E-state index >= 15 is 0 Å². The summed E-state index contributed by atoms with van der Waals surface area (Å²) in [6, 6.07) is 4.41. The zero-order chi connectivity index (χ0) is 21.6. The number of nitrogens with zero attached hydrogens (tertiary/aromatic N) is 3. The second-order valence-corrected chi connectivity index (χ2v) is 8.38. The number of urea groups is 1. The van der Waals surface area contributed by atoms with Crippen molar-refractivity contribution in [2.24, 2.45) is 0 Å². The summed E-state index contributed by atoms with van der Waals surface area (Å²) in [4.78, 5) is 24.4. The van der Waals surface area contributed by atoms with Crippen LogP contribution in [0.5, 0.6) is 11.5 Å². The van der Waals surface area contributed by atoms with Crippen LogP contribution in [0, 0.1) is 0 Å². The zero-order valence-corrected chi connectivity index (χ0v) is 18.0. The maximum absolute atomic E-state index is 12.3. The number of imide groups is 1. The SMILES string of the molecule is C=CCn1c(SCC(=O)NC(=O)Nc2ccc3c(c2)OCO3)nnc1C1CCCCC1. The van der Waals surface area contributed by atoms with Crippen molar-refractivity contribution in [3.8, 4) is 11.5 Å². The number of hydrogen-bond donors (Lipinski definition) is 2. The molecule has 2 aliphatic rings. The molecular formula is C21H25N5O4S. The average molecular weight is 444 g/mol. The lowest BCUT2D eigenvalue weighted by Gasteiger charge is -2.21. The van der Waals surface area contributed by atoms with Gasteiger partial charge in [0.05, 0.1) is 5.75 Å². The van der Waals surface area contributed by atoms with Crippen LogP contribution in [-0.2, 0) is 11.3 Å². The minimum Gasteiger partial charge on any atom is -0.454 e. The fourth-order valence-corrected chi connectivity index (χ4v) is 4.55. The van der Waals surface area contributed by atoms with Crippen molar-refractivity contribution in [1.29, 1.82) is 0 Å². The number of nitrogens with one attached hydrogen (secondary N) is 2. The third kappa shape index (κ3) is 5.19. The van der Waals surface area contributed by atoms with Crippen molar-refractivity contribution in [3.63, 3.8) is 0 Å². The first-order valence-corrected chi connectivity index (χ1v) is 11.3. The molecule has 164 valence electrons. The normalized spacial score (nSPS) is 15.5. The molecule has 1 fully saturated rings. The Kier molecular flexibility index (Phi) is 6.76. The summed E-state index contributed by atoms with van der Waals surface area (Å²) in [6.07, 6.45) is 7.70. The highest BCUT2D eigenvalue weighted by Gasteiger charge is 2.23. The van der Waals surface area contributed by atoms with E-state index in [9.17, 15) is 9.59 Å². The summed E-state index contributed by atoms with van der Waals surface area (Å²) in [5.74, 6) is 2.16. The molecule has 4 rings (SSSR count). The van der Waals surface area contributed by atoms with Gasteiger partial charge in [0.2, 0.25) is 12.7 Å². The molecule has 1 aliphatic carbocycles. The van der Waals surface area contributed by atoms with Crippen molar-refractivity contribution in [1.82, 2.24) is 20.1 Å². The van der Waals surface area contributed by atoms with Gasteiger partial charge in [0.25, 0.3) is 0 Å². The first-order valence-electron chi connectivity index (χ1n) is 10.3. The molecule has 1 aromatic heterocycles. The minimum absolute atomic E-state index is 0.0501. The van der Waals surface area contributed by atoms with Gasteiger partial charge in [-0.2, -0.15) is 0 Å². The van der Waals surface area contributed by atoms with Crippen molar-refractivity contribution < 1.29 is 19.1 Å². The lowest BCUT2D eigenvalue weighted by Crippen LogP contribution is -2.35. The number of rotatable bonds is 7. The molecule has 1 aliphatic heterocycles. The topological polar surface area (TPSA) is 107 Å². The van der Waals surface area contributed by atoms with Gasteiger partial charge >= 0.3 is 6.03 Å². The van der Waals surface area contributed by atoms with Gasteiger partial charge in [-0.15, -0.1) is 16.8 Å². The minimum atomic E-state index is -0.611. The Morgan fingerprint density at radius 3 is 2.81 bits per heavy atom. The number of carbonyl (C=O) groups excluding carboxylic acids is 2. The third-order valence-corrected chi connectivity index (χ3v) is 6.21. The molecule has 31 heavy (non-hydrogen) atoms.